The average Bonchev–Trinajstić information content (AvgIpc) is 2.66. The van der Waals surface area contributed by atoms with E-state index in [4.69, 9.17) is 23.2 Å². The van der Waals surface area contributed by atoms with E-state index in [2.05, 4.69) is 5.32 Å². The Morgan fingerprint density at radius 3 is 2.21 bits per heavy atom. The van der Waals surface area contributed by atoms with Gasteiger partial charge in [0.1, 0.15) is 0 Å². The molecule has 0 heterocycles. The van der Waals surface area contributed by atoms with E-state index in [1.54, 1.807) is 36.0 Å². The third kappa shape index (κ3) is 8.86. The highest BCUT2D eigenvalue weighted by molar-refractivity contribution is 7.98. The molecule has 2 aromatic rings. The molecular weight excluding hydrogens is 451 g/mol. The van der Waals surface area contributed by atoms with Crippen molar-refractivity contribution >= 4 is 56.6 Å². The summed E-state index contributed by atoms with van der Waals surface area (Å²) in [7, 11) is -3.44. The number of hydrogen-bond donors (Lipinski definition) is 1. The molecule has 0 bridgehead atoms. The van der Waals surface area contributed by atoms with Gasteiger partial charge in [0.2, 0.25) is 15.9 Å². The van der Waals surface area contributed by atoms with E-state index in [-0.39, 0.29) is 18.9 Å². The van der Waals surface area contributed by atoms with Gasteiger partial charge in [-0.05, 0) is 48.4 Å². The van der Waals surface area contributed by atoms with E-state index in [0.717, 1.165) is 22.8 Å². The number of thioether (sulfide) groups is 1. The predicted octanol–water partition coefficient (Wildman–Crippen LogP) is 4.59. The minimum Gasteiger partial charge on any atom is -0.355 e. The summed E-state index contributed by atoms with van der Waals surface area (Å²) in [6.45, 7) is 0.809. The summed E-state index contributed by atoms with van der Waals surface area (Å²) in [6, 6.07) is 14.3. The van der Waals surface area contributed by atoms with Crippen LogP contribution in [0.15, 0.2) is 48.5 Å². The largest absolute Gasteiger partial charge is 0.355 e. The molecule has 0 atom stereocenters. The van der Waals surface area contributed by atoms with Crippen LogP contribution in [0.1, 0.15) is 18.4 Å². The highest BCUT2D eigenvalue weighted by Crippen LogP contribution is 2.21. The smallest absolute Gasteiger partial charge is 0.232 e. The van der Waals surface area contributed by atoms with Crippen LogP contribution in [0, 0.1) is 0 Å². The minimum atomic E-state index is -3.44. The first-order chi connectivity index (χ1) is 13.8. The van der Waals surface area contributed by atoms with Crippen LogP contribution in [0.25, 0.3) is 0 Å². The molecule has 0 radical (unpaired) electrons. The van der Waals surface area contributed by atoms with Crippen molar-refractivity contribution in [3.8, 4) is 0 Å². The summed E-state index contributed by atoms with van der Waals surface area (Å²) in [5, 5.41) is 4.13. The Hall–Kier alpha value is -1.41. The molecule has 0 aliphatic heterocycles. The van der Waals surface area contributed by atoms with E-state index in [1.165, 1.54) is 9.87 Å². The number of benzene rings is 2. The van der Waals surface area contributed by atoms with E-state index in [1.807, 2.05) is 24.3 Å². The third-order valence-electron chi connectivity index (χ3n) is 4.03. The normalized spacial score (nSPS) is 11.3. The second kappa shape index (κ2) is 11.7. The Balaban J connectivity index is 1.68. The number of nitrogens with one attached hydrogen (secondary N) is 1. The standard InChI is InChI=1S/C20H24Cl2N2O3S2/c1-29(26,27)24(19-10-8-18(22)9-11-19)13-2-3-20(25)23-12-14-28-15-16-4-6-17(21)7-5-16/h4-11H,2-3,12-15H2,1H3,(H,23,25). The lowest BCUT2D eigenvalue weighted by Crippen LogP contribution is -2.32. The number of halogens is 2. The van der Waals surface area contributed by atoms with Crippen molar-refractivity contribution in [3.05, 3.63) is 64.1 Å². The van der Waals surface area contributed by atoms with Gasteiger partial charge in [-0.15, -0.1) is 0 Å². The topological polar surface area (TPSA) is 66.5 Å². The molecular formula is C20H24Cl2N2O3S2. The molecule has 1 N–H and O–H groups in total. The van der Waals surface area contributed by atoms with Gasteiger partial charge in [-0.3, -0.25) is 9.10 Å². The Morgan fingerprint density at radius 1 is 1.03 bits per heavy atom. The maximum atomic E-state index is 12.1. The van der Waals surface area contributed by atoms with E-state index < -0.39 is 10.0 Å². The van der Waals surface area contributed by atoms with Crippen molar-refractivity contribution in [2.45, 2.75) is 18.6 Å². The number of sulfonamides is 1. The Morgan fingerprint density at radius 2 is 1.62 bits per heavy atom. The SMILES string of the molecule is CS(=O)(=O)N(CCCC(=O)NCCSCc1ccc(Cl)cc1)c1ccc(Cl)cc1. The number of carbonyl (C=O) groups is 1. The second-order valence-corrected chi connectivity index (χ2v) is 10.3. The molecule has 0 aromatic heterocycles. The van der Waals surface area contributed by atoms with Crippen LogP contribution in [0.4, 0.5) is 5.69 Å². The van der Waals surface area contributed by atoms with Gasteiger partial charge in [-0.1, -0.05) is 35.3 Å². The van der Waals surface area contributed by atoms with Crippen molar-refractivity contribution in [1.29, 1.82) is 0 Å². The van der Waals surface area contributed by atoms with Crippen LogP contribution in [0.5, 0.6) is 0 Å². The Kier molecular flexibility index (Phi) is 9.62. The van der Waals surface area contributed by atoms with Crippen LogP contribution < -0.4 is 9.62 Å². The zero-order chi connectivity index (χ0) is 21.3. The summed E-state index contributed by atoms with van der Waals surface area (Å²) < 4.78 is 25.4. The average molecular weight is 475 g/mol. The van der Waals surface area contributed by atoms with Gasteiger partial charge in [0.05, 0.1) is 11.9 Å². The predicted molar refractivity (Wildman–Crippen MR) is 123 cm³/mol. The summed E-state index contributed by atoms with van der Waals surface area (Å²) in [5.74, 6) is 1.58. The summed E-state index contributed by atoms with van der Waals surface area (Å²) in [5.41, 5.74) is 1.73. The summed E-state index contributed by atoms with van der Waals surface area (Å²) in [4.78, 5) is 12.0. The lowest BCUT2D eigenvalue weighted by Gasteiger charge is -2.22. The van der Waals surface area contributed by atoms with Crippen LogP contribution >= 0.6 is 35.0 Å². The number of anilines is 1. The molecule has 0 spiro atoms. The maximum absolute atomic E-state index is 12.1. The first kappa shape index (κ1) is 23.9. The lowest BCUT2D eigenvalue weighted by atomic mass is 10.2. The van der Waals surface area contributed by atoms with Crippen molar-refractivity contribution in [2.75, 3.05) is 29.4 Å². The summed E-state index contributed by atoms with van der Waals surface area (Å²) >= 11 is 13.5. The molecule has 0 saturated heterocycles. The number of hydrogen-bond acceptors (Lipinski definition) is 4. The Labute approximate surface area is 186 Å². The molecule has 0 saturated carbocycles. The molecule has 9 heteroatoms. The van der Waals surface area contributed by atoms with Gasteiger partial charge in [0.15, 0.2) is 0 Å². The van der Waals surface area contributed by atoms with Crippen molar-refractivity contribution in [1.82, 2.24) is 5.32 Å². The fourth-order valence-electron chi connectivity index (χ4n) is 2.60. The first-order valence-electron chi connectivity index (χ1n) is 9.08. The highest BCUT2D eigenvalue weighted by Gasteiger charge is 2.17. The lowest BCUT2D eigenvalue weighted by molar-refractivity contribution is -0.121. The van der Waals surface area contributed by atoms with Gasteiger partial charge < -0.3 is 5.32 Å². The maximum Gasteiger partial charge on any atom is 0.232 e. The van der Waals surface area contributed by atoms with Gasteiger partial charge in [0.25, 0.3) is 0 Å². The summed E-state index contributed by atoms with van der Waals surface area (Å²) in [6.07, 6.45) is 1.85. The molecule has 2 rings (SSSR count). The van der Waals surface area contributed by atoms with Gasteiger partial charge >= 0.3 is 0 Å². The fourth-order valence-corrected chi connectivity index (χ4v) is 4.63. The number of carbonyl (C=O) groups excluding carboxylic acids is 1. The number of amides is 1. The van der Waals surface area contributed by atoms with Crippen LogP contribution in [0.3, 0.4) is 0 Å². The monoisotopic (exact) mass is 474 g/mol. The number of rotatable bonds is 11. The van der Waals surface area contributed by atoms with Crippen LogP contribution in [-0.4, -0.2) is 39.4 Å². The molecule has 0 fully saturated rings. The van der Waals surface area contributed by atoms with E-state index in [9.17, 15) is 13.2 Å². The zero-order valence-corrected chi connectivity index (χ0v) is 19.3. The molecule has 29 heavy (non-hydrogen) atoms. The fraction of sp³-hybridized carbons (Fsp3) is 0.350. The van der Waals surface area contributed by atoms with Crippen molar-refractivity contribution < 1.29 is 13.2 Å². The molecule has 1 amide bonds. The quantitative estimate of drug-likeness (QED) is 0.483. The van der Waals surface area contributed by atoms with Crippen molar-refractivity contribution in [2.24, 2.45) is 0 Å². The second-order valence-electron chi connectivity index (χ2n) is 6.44. The number of nitrogens with zero attached hydrogens (tertiary/aromatic N) is 1. The zero-order valence-electron chi connectivity index (χ0n) is 16.1. The molecule has 5 nitrogen and oxygen atoms in total. The van der Waals surface area contributed by atoms with Crippen LogP contribution in [-0.2, 0) is 20.6 Å². The Bertz CT molecular complexity index is 889. The van der Waals surface area contributed by atoms with E-state index >= 15 is 0 Å². The van der Waals surface area contributed by atoms with Gasteiger partial charge in [-0.2, -0.15) is 11.8 Å². The first-order valence-corrected chi connectivity index (χ1v) is 12.8. The van der Waals surface area contributed by atoms with E-state index in [0.29, 0.717) is 23.7 Å². The molecule has 158 valence electrons. The molecule has 0 unspecified atom stereocenters. The van der Waals surface area contributed by atoms with Gasteiger partial charge in [-0.25, -0.2) is 8.42 Å². The molecule has 0 aliphatic rings. The van der Waals surface area contributed by atoms with Crippen LogP contribution in [0.2, 0.25) is 10.0 Å². The third-order valence-corrected chi connectivity index (χ3v) is 6.76. The molecule has 0 aliphatic carbocycles. The minimum absolute atomic E-state index is 0.0818. The highest BCUT2D eigenvalue weighted by atomic mass is 35.5. The molecule has 2 aromatic carbocycles. The van der Waals surface area contributed by atoms with Crippen molar-refractivity contribution in [3.63, 3.8) is 0 Å². The van der Waals surface area contributed by atoms with Gasteiger partial charge in [0, 0.05) is 41.1 Å².